The number of hydrogen-bond donors (Lipinski definition) is 2. The number of nitrogens with one attached hydrogen (secondary N) is 2. The Morgan fingerprint density at radius 2 is 1.88 bits per heavy atom. The number of aryl methyl sites for hydroxylation is 1. The van der Waals surface area contributed by atoms with E-state index < -0.39 is 6.09 Å². The van der Waals surface area contributed by atoms with Crippen molar-refractivity contribution in [2.75, 3.05) is 53.2 Å². The molecule has 1 aromatic carbocycles. The van der Waals surface area contributed by atoms with Crippen LogP contribution in [0.5, 0.6) is 5.75 Å². The summed E-state index contributed by atoms with van der Waals surface area (Å²) >= 11 is 0. The molecule has 0 saturated heterocycles. The van der Waals surface area contributed by atoms with Crippen LogP contribution >= 0.6 is 0 Å². The van der Waals surface area contributed by atoms with Crippen molar-refractivity contribution in [3.63, 3.8) is 0 Å². The van der Waals surface area contributed by atoms with Crippen LogP contribution < -0.4 is 20.3 Å². The Balaban J connectivity index is 2.63. The monoisotopic (exact) mass is 350 g/mol. The van der Waals surface area contributed by atoms with Gasteiger partial charge in [-0.1, -0.05) is 6.07 Å². The molecule has 0 unspecified atom stereocenters. The third kappa shape index (κ3) is 7.89. The summed E-state index contributed by atoms with van der Waals surface area (Å²) in [7, 11) is 9.36. The van der Waals surface area contributed by atoms with Gasteiger partial charge in [-0.2, -0.15) is 0 Å². The molecule has 1 aromatic rings. The lowest BCUT2D eigenvalue weighted by molar-refractivity contribution is -0.121. The minimum absolute atomic E-state index is 0.00124. The molecule has 0 aliphatic heterocycles. The van der Waals surface area contributed by atoms with Crippen LogP contribution in [0.25, 0.3) is 0 Å². The summed E-state index contributed by atoms with van der Waals surface area (Å²) in [6, 6.07) is 5.65. The van der Waals surface area contributed by atoms with Crippen molar-refractivity contribution in [3.05, 3.63) is 23.8 Å². The van der Waals surface area contributed by atoms with Gasteiger partial charge < -0.3 is 25.2 Å². The minimum atomic E-state index is -0.523. The van der Waals surface area contributed by atoms with Gasteiger partial charge in [0.05, 0.1) is 0 Å². The van der Waals surface area contributed by atoms with Crippen LogP contribution in [0, 0.1) is 0 Å². The van der Waals surface area contributed by atoms with Gasteiger partial charge in [-0.25, -0.2) is 4.79 Å². The van der Waals surface area contributed by atoms with E-state index in [-0.39, 0.29) is 5.91 Å². The summed E-state index contributed by atoms with van der Waals surface area (Å²) in [5.74, 6) is 0.479. The smallest absolute Gasteiger partial charge is 0.410 e. The van der Waals surface area contributed by atoms with Gasteiger partial charge in [-0.3, -0.25) is 4.79 Å². The molecule has 0 aliphatic rings. The maximum atomic E-state index is 12.0. The standard InChI is InChI=1S/C18H30N4O3/c1-19-18(24)25-16-13-15(22(4)5)9-7-14(16)8-10-17(23)20-11-6-12-21(2)3/h7,9,13H,6,8,10-12H2,1-5H3,(H,19,24)(H,20,23). The highest BCUT2D eigenvalue weighted by Crippen LogP contribution is 2.26. The topological polar surface area (TPSA) is 73.9 Å². The molecule has 25 heavy (non-hydrogen) atoms. The van der Waals surface area contributed by atoms with Crippen molar-refractivity contribution in [3.8, 4) is 5.75 Å². The Kier molecular flexibility index (Phi) is 8.77. The first-order valence-electron chi connectivity index (χ1n) is 8.44. The molecule has 0 aromatic heterocycles. The molecule has 0 saturated carbocycles. The highest BCUT2D eigenvalue weighted by atomic mass is 16.6. The van der Waals surface area contributed by atoms with Crippen LogP contribution in [0.1, 0.15) is 18.4 Å². The summed E-state index contributed by atoms with van der Waals surface area (Å²) in [4.78, 5) is 27.5. The van der Waals surface area contributed by atoms with Crippen LogP contribution in [0.15, 0.2) is 18.2 Å². The average Bonchev–Trinajstić information content (AvgIpc) is 2.57. The van der Waals surface area contributed by atoms with E-state index in [4.69, 9.17) is 4.74 Å². The van der Waals surface area contributed by atoms with Crippen LogP contribution in [0.3, 0.4) is 0 Å². The summed E-state index contributed by atoms with van der Waals surface area (Å²) in [5.41, 5.74) is 1.76. The van der Waals surface area contributed by atoms with E-state index in [2.05, 4.69) is 15.5 Å². The highest BCUT2D eigenvalue weighted by Gasteiger charge is 2.12. The van der Waals surface area contributed by atoms with E-state index in [1.54, 1.807) is 6.07 Å². The molecular weight excluding hydrogens is 320 g/mol. The van der Waals surface area contributed by atoms with Gasteiger partial charge in [0.15, 0.2) is 0 Å². The van der Waals surface area contributed by atoms with Gasteiger partial charge >= 0.3 is 6.09 Å². The average molecular weight is 350 g/mol. The van der Waals surface area contributed by atoms with Gasteiger partial charge in [0.1, 0.15) is 5.75 Å². The molecule has 7 heteroatoms. The number of rotatable bonds is 9. The maximum absolute atomic E-state index is 12.0. The molecule has 0 bridgehead atoms. The molecule has 140 valence electrons. The summed E-state index contributed by atoms with van der Waals surface area (Å²) in [6.07, 6.45) is 1.26. The van der Waals surface area contributed by atoms with Crippen LogP contribution in [-0.2, 0) is 11.2 Å². The fraction of sp³-hybridized carbons (Fsp3) is 0.556. The van der Waals surface area contributed by atoms with E-state index >= 15 is 0 Å². The number of carbonyl (C=O) groups is 2. The summed E-state index contributed by atoms with van der Waals surface area (Å²) in [6.45, 7) is 1.61. The first-order valence-corrected chi connectivity index (χ1v) is 8.44. The fourth-order valence-electron chi connectivity index (χ4n) is 2.23. The zero-order chi connectivity index (χ0) is 18.8. The zero-order valence-corrected chi connectivity index (χ0v) is 15.9. The molecule has 0 fully saturated rings. The van der Waals surface area contributed by atoms with Crippen molar-refractivity contribution in [2.45, 2.75) is 19.3 Å². The normalized spacial score (nSPS) is 10.5. The largest absolute Gasteiger partial charge is 0.412 e. The van der Waals surface area contributed by atoms with Gasteiger partial charge in [-0.15, -0.1) is 0 Å². The Hall–Kier alpha value is -2.28. The molecule has 1 rings (SSSR count). The van der Waals surface area contributed by atoms with E-state index in [9.17, 15) is 9.59 Å². The van der Waals surface area contributed by atoms with E-state index in [1.165, 1.54) is 7.05 Å². The summed E-state index contributed by atoms with van der Waals surface area (Å²) < 4.78 is 5.33. The second kappa shape index (κ2) is 10.6. The molecule has 2 amide bonds. The van der Waals surface area contributed by atoms with E-state index in [0.29, 0.717) is 25.1 Å². The van der Waals surface area contributed by atoms with Gasteiger partial charge in [0.25, 0.3) is 0 Å². The SMILES string of the molecule is CNC(=O)Oc1cc(N(C)C)ccc1CCC(=O)NCCCN(C)C. The zero-order valence-electron chi connectivity index (χ0n) is 15.9. The quantitative estimate of drug-likeness (QED) is 0.660. The Morgan fingerprint density at radius 1 is 1.16 bits per heavy atom. The lowest BCUT2D eigenvalue weighted by atomic mass is 10.1. The fourth-order valence-corrected chi connectivity index (χ4v) is 2.23. The number of anilines is 1. The van der Waals surface area contributed by atoms with E-state index in [0.717, 1.165) is 24.2 Å². The minimum Gasteiger partial charge on any atom is -0.410 e. The lowest BCUT2D eigenvalue weighted by Gasteiger charge is -2.16. The molecular formula is C18H30N4O3. The number of amides is 2. The Bertz CT molecular complexity index is 573. The van der Waals surface area contributed by atoms with E-state index in [1.807, 2.05) is 45.2 Å². The Morgan fingerprint density at radius 3 is 2.48 bits per heavy atom. The first-order chi connectivity index (χ1) is 11.8. The number of benzene rings is 1. The second-order valence-corrected chi connectivity index (χ2v) is 6.33. The predicted molar refractivity (Wildman–Crippen MR) is 100 cm³/mol. The van der Waals surface area contributed by atoms with Crippen molar-refractivity contribution in [2.24, 2.45) is 0 Å². The molecule has 0 atom stereocenters. The first kappa shape index (κ1) is 20.8. The van der Waals surface area contributed by atoms with Gasteiger partial charge in [0, 0.05) is 45.9 Å². The van der Waals surface area contributed by atoms with Gasteiger partial charge in [0.2, 0.25) is 5.91 Å². The highest BCUT2D eigenvalue weighted by molar-refractivity contribution is 5.76. The second-order valence-electron chi connectivity index (χ2n) is 6.33. The third-order valence-corrected chi connectivity index (χ3v) is 3.70. The summed E-state index contributed by atoms with van der Waals surface area (Å²) in [5, 5.41) is 5.35. The molecule has 0 spiro atoms. The van der Waals surface area contributed by atoms with Crippen molar-refractivity contribution in [1.82, 2.24) is 15.5 Å². The Labute approximate surface area is 150 Å². The van der Waals surface area contributed by atoms with Crippen molar-refractivity contribution >= 4 is 17.7 Å². The van der Waals surface area contributed by atoms with Crippen molar-refractivity contribution in [1.29, 1.82) is 0 Å². The molecule has 0 radical (unpaired) electrons. The van der Waals surface area contributed by atoms with Crippen molar-refractivity contribution < 1.29 is 14.3 Å². The predicted octanol–water partition coefficient (Wildman–Crippen LogP) is 1.47. The maximum Gasteiger partial charge on any atom is 0.412 e. The molecule has 0 aliphatic carbocycles. The molecule has 7 nitrogen and oxygen atoms in total. The number of carbonyl (C=O) groups excluding carboxylic acids is 2. The van der Waals surface area contributed by atoms with Crippen LogP contribution in [-0.4, -0.2) is 65.2 Å². The molecule has 2 N–H and O–H groups in total. The molecule has 0 heterocycles. The number of nitrogens with zero attached hydrogens (tertiary/aromatic N) is 2. The lowest BCUT2D eigenvalue weighted by Crippen LogP contribution is -2.27. The number of hydrogen-bond acceptors (Lipinski definition) is 5. The van der Waals surface area contributed by atoms with Crippen LogP contribution in [0.2, 0.25) is 0 Å². The third-order valence-electron chi connectivity index (χ3n) is 3.70. The van der Waals surface area contributed by atoms with Crippen LogP contribution in [0.4, 0.5) is 10.5 Å². The van der Waals surface area contributed by atoms with Gasteiger partial charge in [-0.05, 0) is 45.1 Å². The number of ether oxygens (including phenoxy) is 1.